The predicted octanol–water partition coefficient (Wildman–Crippen LogP) is 6.44. The molecule has 2 heterocycles. The first-order valence-corrected chi connectivity index (χ1v) is 9.12. The van der Waals surface area contributed by atoms with Gasteiger partial charge < -0.3 is 14.2 Å². The van der Waals surface area contributed by atoms with Crippen molar-refractivity contribution in [2.24, 2.45) is 0 Å². The number of aromatic nitrogens is 1. The van der Waals surface area contributed by atoms with E-state index in [1.54, 1.807) is 48.5 Å². The summed E-state index contributed by atoms with van der Waals surface area (Å²) >= 11 is 0. The maximum absolute atomic E-state index is 13.4. The van der Waals surface area contributed by atoms with Crippen molar-refractivity contribution in [3.05, 3.63) is 78.5 Å². The van der Waals surface area contributed by atoms with Gasteiger partial charge in [0.1, 0.15) is 11.5 Å². The quantitative estimate of drug-likeness (QED) is 0.390. The van der Waals surface area contributed by atoms with Crippen LogP contribution in [0.1, 0.15) is 5.56 Å². The molecule has 0 saturated carbocycles. The first kappa shape index (κ1) is 18.3. The number of hydrogen-bond acceptors (Lipinski definition) is 4. The maximum atomic E-state index is 13.4. The minimum atomic E-state index is -4.48. The summed E-state index contributed by atoms with van der Waals surface area (Å²) in [6.07, 6.45) is -3.09. The van der Waals surface area contributed by atoms with Gasteiger partial charge in [-0.3, -0.25) is 4.98 Å². The number of para-hydroxylation sites is 1. The number of fused-ring (bicyclic) bond motifs is 2. The van der Waals surface area contributed by atoms with Crippen LogP contribution in [0.2, 0.25) is 0 Å². The highest BCUT2D eigenvalue weighted by Gasteiger charge is 2.33. The molecule has 150 valence electrons. The number of hydrogen-bond donors (Lipinski definition) is 0. The Kier molecular flexibility index (Phi) is 4.24. The third-order valence-electron chi connectivity index (χ3n) is 4.80. The Morgan fingerprint density at radius 1 is 0.833 bits per heavy atom. The number of alkyl halides is 3. The van der Waals surface area contributed by atoms with Gasteiger partial charge in [-0.05, 0) is 47.5 Å². The van der Waals surface area contributed by atoms with E-state index in [0.717, 1.165) is 11.6 Å². The summed E-state index contributed by atoms with van der Waals surface area (Å²) < 4.78 is 56.7. The van der Waals surface area contributed by atoms with E-state index < -0.39 is 11.7 Å². The molecule has 0 N–H and O–H groups in total. The fraction of sp³-hybridized carbons (Fsp3) is 0.0870. The highest BCUT2D eigenvalue weighted by molar-refractivity contribution is 5.96. The highest BCUT2D eigenvalue weighted by atomic mass is 19.4. The zero-order valence-electron chi connectivity index (χ0n) is 15.4. The van der Waals surface area contributed by atoms with Crippen molar-refractivity contribution >= 4 is 10.9 Å². The molecule has 4 aromatic rings. The number of benzene rings is 3. The fourth-order valence-electron chi connectivity index (χ4n) is 3.46. The molecule has 1 aromatic heterocycles. The van der Waals surface area contributed by atoms with E-state index in [2.05, 4.69) is 4.98 Å². The summed E-state index contributed by atoms with van der Waals surface area (Å²) in [5, 5.41) is 0.424. The zero-order valence-corrected chi connectivity index (χ0v) is 15.4. The highest BCUT2D eigenvalue weighted by Crippen LogP contribution is 2.39. The molecule has 0 aliphatic carbocycles. The normalized spacial score (nSPS) is 12.9. The fourth-order valence-corrected chi connectivity index (χ4v) is 3.46. The molecule has 0 fully saturated rings. The lowest BCUT2D eigenvalue weighted by Gasteiger charge is -2.13. The molecule has 3 aromatic carbocycles. The SMILES string of the molecule is FC(F)(F)c1cccc2c(-c3cccc(Oc4ccc5c(c4)OCO5)c3)ccnc12. The van der Waals surface area contributed by atoms with Crippen LogP contribution in [0.25, 0.3) is 22.0 Å². The average molecular weight is 409 g/mol. The summed E-state index contributed by atoms with van der Waals surface area (Å²) in [6.45, 7) is 0.170. The van der Waals surface area contributed by atoms with E-state index in [9.17, 15) is 13.2 Å². The van der Waals surface area contributed by atoms with Gasteiger partial charge in [0.2, 0.25) is 6.79 Å². The number of nitrogens with zero attached hydrogens (tertiary/aromatic N) is 1. The second kappa shape index (κ2) is 6.95. The summed E-state index contributed by atoms with van der Waals surface area (Å²) in [4.78, 5) is 3.98. The van der Waals surface area contributed by atoms with Crippen LogP contribution >= 0.6 is 0 Å². The molecule has 0 saturated heterocycles. The third-order valence-corrected chi connectivity index (χ3v) is 4.80. The van der Waals surface area contributed by atoms with Crippen molar-refractivity contribution in [1.82, 2.24) is 4.98 Å². The number of ether oxygens (including phenoxy) is 3. The lowest BCUT2D eigenvalue weighted by atomic mass is 9.99. The van der Waals surface area contributed by atoms with E-state index in [4.69, 9.17) is 14.2 Å². The molecule has 4 nitrogen and oxygen atoms in total. The minimum Gasteiger partial charge on any atom is -0.457 e. The standard InChI is InChI=1S/C23H14F3NO3/c24-23(25,26)19-6-2-5-18-17(9-10-27-22(18)19)14-3-1-4-15(11-14)30-16-7-8-20-21(12-16)29-13-28-20/h1-12H,13H2. The van der Waals surface area contributed by atoms with Crippen LogP contribution < -0.4 is 14.2 Å². The molecule has 30 heavy (non-hydrogen) atoms. The lowest BCUT2D eigenvalue weighted by Crippen LogP contribution is -2.06. The number of rotatable bonds is 3. The van der Waals surface area contributed by atoms with E-state index in [1.165, 1.54) is 12.3 Å². The van der Waals surface area contributed by atoms with Crippen molar-refractivity contribution in [1.29, 1.82) is 0 Å². The molecule has 1 aliphatic heterocycles. The first-order chi connectivity index (χ1) is 14.5. The molecular weight excluding hydrogens is 395 g/mol. The summed E-state index contributed by atoms with van der Waals surface area (Å²) in [5.41, 5.74) is 0.529. The van der Waals surface area contributed by atoms with Crippen LogP contribution in [0, 0.1) is 0 Å². The summed E-state index contributed by atoms with van der Waals surface area (Å²) in [6, 6.07) is 18.2. The Morgan fingerprint density at radius 2 is 1.63 bits per heavy atom. The van der Waals surface area contributed by atoms with Crippen LogP contribution in [0.15, 0.2) is 72.9 Å². The van der Waals surface area contributed by atoms with Crippen LogP contribution in [0.3, 0.4) is 0 Å². The van der Waals surface area contributed by atoms with E-state index in [1.807, 2.05) is 6.07 Å². The first-order valence-electron chi connectivity index (χ1n) is 9.12. The smallest absolute Gasteiger partial charge is 0.418 e. The number of pyridine rings is 1. The van der Waals surface area contributed by atoms with Gasteiger partial charge in [0.05, 0.1) is 11.1 Å². The van der Waals surface area contributed by atoms with Gasteiger partial charge >= 0.3 is 6.18 Å². The molecule has 0 atom stereocenters. The Morgan fingerprint density at radius 3 is 2.50 bits per heavy atom. The monoisotopic (exact) mass is 409 g/mol. The van der Waals surface area contributed by atoms with Gasteiger partial charge in [-0.1, -0.05) is 24.3 Å². The largest absolute Gasteiger partial charge is 0.457 e. The third kappa shape index (κ3) is 3.28. The Hall–Kier alpha value is -3.74. The van der Waals surface area contributed by atoms with Gasteiger partial charge in [0.15, 0.2) is 11.5 Å². The molecule has 0 amide bonds. The molecule has 5 rings (SSSR count). The Labute approximate surface area is 169 Å². The van der Waals surface area contributed by atoms with Crippen LogP contribution in [0.4, 0.5) is 13.2 Å². The Bertz CT molecular complexity index is 1250. The zero-order chi connectivity index (χ0) is 20.7. The van der Waals surface area contributed by atoms with Crippen molar-refractivity contribution in [3.63, 3.8) is 0 Å². The molecule has 7 heteroatoms. The Balaban J connectivity index is 1.54. The predicted molar refractivity (Wildman–Crippen MR) is 105 cm³/mol. The van der Waals surface area contributed by atoms with Crippen molar-refractivity contribution < 1.29 is 27.4 Å². The molecule has 1 aliphatic rings. The van der Waals surface area contributed by atoms with Gasteiger partial charge in [-0.25, -0.2) is 0 Å². The average Bonchev–Trinajstić information content (AvgIpc) is 3.20. The van der Waals surface area contributed by atoms with Crippen LogP contribution in [-0.4, -0.2) is 11.8 Å². The van der Waals surface area contributed by atoms with Crippen molar-refractivity contribution in [2.75, 3.05) is 6.79 Å². The second-order valence-corrected chi connectivity index (χ2v) is 6.70. The van der Waals surface area contributed by atoms with Crippen LogP contribution in [-0.2, 0) is 6.18 Å². The van der Waals surface area contributed by atoms with E-state index in [-0.39, 0.29) is 12.3 Å². The van der Waals surface area contributed by atoms with E-state index in [0.29, 0.717) is 33.9 Å². The van der Waals surface area contributed by atoms with Crippen molar-refractivity contribution in [2.45, 2.75) is 6.18 Å². The summed E-state index contributed by atoms with van der Waals surface area (Å²) in [5.74, 6) is 2.36. The summed E-state index contributed by atoms with van der Waals surface area (Å²) in [7, 11) is 0. The second-order valence-electron chi connectivity index (χ2n) is 6.70. The molecule has 0 bridgehead atoms. The van der Waals surface area contributed by atoms with Gasteiger partial charge in [0, 0.05) is 17.6 Å². The maximum Gasteiger partial charge on any atom is 0.418 e. The van der Waals surface area contributed by atoms with Crippen molar-refractivity contribution in [3.8, 4) is 34.1 Å². The molecular formula is C23H14F3NO3. The van der Waals surface area contributed by atoms with Gasteiger partial charge in [-0.2, -0.15) is 13.2 Å². The minimum absolute atomic E-state index is 0.0791. The van der Waals surface area contributed by atoms with Gasteiger partial charge in [-0.15, -0.1) is 0 Å². The lowest BCUT2D eigenvalue weighted by molar-refractivity contribution is -0.136. The topological polar surface area (TPSA) is 40.6 Å². The molecule has 0 unspecified atom stereocenters. The molecule has 0 radical (unpaired) electrons. The van der Waals surface area contributed by atoms with Gasteiger partial charge in [0.25, 0.3) is 0 Å². The van der Waals surface area contributed by atoms with E-state index >= 15 is 0 Å². The van der Waals surface area contributed by atoms with Crippen LogP contribution in [0.5, 0.6) is 23.0 Å². The molecule has 0 spiro atoms. The number of halogens is 3.